The fourth-order valence-corrected chi connectivity index (χ4v) is 4.40. The van der Waals surface area contributed by atoms with Crippen LogP contribution >= 0.6 is 35.1 Å². The van der Waals surface area contributed by atoms with E-state index in [9.17, 15) is 9.59 Å². The molecule has 2 aromatic carbocycles. The van der Waals surface area contributed by atoms with Gasteiger partial charge in [-0.15, -0.1) is 11.8 Å². The molecule has 156 valence electrons. The van der Waals surface area contributed by atoms with Crippen LogP contribution in [-0.2, 0) is 4.79 Å². The van der Waals surface area contributed by atoms with E-state index in [1.807, 2.05) is 25.1 Å². The number of rotatable bonds is 9. The highest BCUT2D eigenvalue weighted by atomic mass is 32.2. The second kappa shape index (κ2) is 11.0. The minimum atomic E-state index is -0.213. The summed E-state index contributed by atoms with van der Waals surface area (Å²) in [7, 11) is 1.58. The zero-order chi connectivity index (χ0) is 21.3. The van der Waals surface area contributed by atoms with Crippen LogP contribution in [0, 0.1) is 0 Å². The van der Waals surface area contributed by atoms with Crippen LogP contribution in [0.1, 0.15) is 17.3 Å². The smallest absolute Gasteiger partial charge is 0.255 e. The molecule has 3 rings (SSSR count). The highest BCUT2D eigenvalue weighted by Gasteiger charge is 2.10. The standard InChI is InChI=1S/C20H20N4O3S3/c1-3-28-20-23-19(30-24-20)22-17(25)12-29-16-6-4-5-14(11-16)21-18(26)13-7-9-15(27-2)10-8-13/h4-11H,3,12H2,1-2H3,(H,21,26)(H,22,23,24,25). The van der Waals surface area contributed by atoms with E-state index in [1.165, 1.54) is 35.1 Å². The highest BCUT2D eigenvalue weighted by molar-refractivity contribution is 8.00. The first-order chi connectivity index (χ1) is 14.6. The van der Waals surface area contributed by atoms with E-state index in [2.05, 4.69) is 20.0 Å². The first-order valence-electron chi connectivity index (χ1n) is 9.02. The fraction of sp³-hybridized carbons (Fsp3) is 0.200. The maximum absolute atomic E-state index is 12.4. The zero-order valence-corrected chi connectivity index (χ0v) is 18.8. The Morgan fingerprint density at radius 2 is 1.90 bits per heavy atom. The predicted molar refractivity (Wildman–Crippen MR) is 123 cm³/mol. The van der Waals surface area contributed by atoms with Crippen molar-refractivity contribution in [1.82, 2.24) is 9.36 Å². The number of aromatic nitrogens is 2. The molecule has 0 aliphatic carbocycles. The molecule has 30 heavy (non-hydrogen) atoms. The van der Waals surface area contributed by atoms with E-state index in [1.54, 1.807) is 37.4 Å². The van der Waals surface area contributed by atoms with Gasteiger partial charge in [-0.05, 0) is 48.2 Å². The van der Waals surface area contributed by atoms with E-state index in [0.29, 0.717) is 27.3 Å². The highest BCUT2D eigenvalue weighted by Crippen LogP contribution is 2.24. The molecule has 0 radical (unpaired) electrons. The SMILES string of the molecule is CCSc1nsc(NC(=O)CSc2cccc(NC(=O)c3ccc(OC)cc3)c2)n1. The minimum absolute atomic E-state index is 0.156. The predicted octanol–water partition coefficient (Wildman–Crippen LogP) is 4.64. The van der Waals surface area contributed by atoms with Gasteiger partial charge in [-0.2, -0.15) is 9.36 Å². The molecule has 0 saturated carbocycles. The first-order valence-corrected chi connectivity index (χ1v) is 11.8. The largest absolute Gasteiger partial charge is 0.497 e. The van der Waals surface area contributed by atoms with E-state index < -0.39 is 0 Å². The Kier molecular flexibility index (Phi) is 8.12. The average molecular weight is 461 g/mol. The summed E-state index contributed by atoms with van der Waals surface area (Å²) in [5.74, 6) is 1.43. The minimum Gasteiger partial charge on any atom is -0.497 e. The number of hydrogen-bond acceptors (Lipinski definition) is 8. The molecule has 1 heterocycles. The van der Waals surface area contributed by atoms with Crippen LogP contribution in [0.5, 0.6) is 5.75 Å². The lowest BCUT2D eigenvalue weighted by atomic mass is 10.2. The van der Waals surface area contributed by atoms with E-state index in [4.69, 9.17) is 4.74 Å². The molecule has 0 bridgehead atoms. The number of ether oxygens (including phenoxy) is 1. The first kappa shape index (κ1) is 22.1. The molecule has 2 amide bonds. The summed E-state index contributed by atoms with van der Waals surface area (Å²) in [6, 6.07) is 14.2. The molecule has 0 spiro atoms. The lowest BCUT2D eigenvalue weighted by molar-refractivity contribution is -0.113. The third-order valence-electron chi connectivity index (χ3n) is 3.74. The van der Waals surface area contributed by atoms with Crippen LogP contribution < -0.4 is 15.4 Å². The summed E-state index contributed by atoms with van der Waals surface area (Å²) in [6.07, 6.45) is 0. The Hall–Kier alpha value is -2.56. The topological polar surface area (TPSA) is 93.2 Å². The van der Waals surface area contributed by atoms with Gasteiger partial charge in [-0.3, -0.25) is 14.9 Å². The third-order valence-corrected chi connectivity index (χ3v) is 6.21. The van der Waals surface area contributed by atoms with Crippen molar-refractivity contribution in [2.75, 3.05) is 29.2 Å². The normalized spacial score (nSPS) is 10.5. The molecular formula is C20H20N4O3S3. The summed E-state index contributed by atoms with van der Waals surface area (Å²) < 4.78 is 9.28. The maximum atomic E-state index is 12.4. The second-order valence-corrected chi connectivity index (χ2v) is 8.89. The Morgan fingerprint density at radius 1 is 1.10 bits per heavy atom. The zero-order valence-electron chi connectivity index (χ0n) is 16.4. The monoisotopic (exact) mass is 460 g/mol. The summed E-state index contributed by atoms with van der Waals surface area (Å²) in [5, 5.41) is 6.80. The summed E-state index contributed by atoms with van der Waals surface area (Å²) >= 11 is 4.08. The van der Waals surface area contributed by atoms with Gasteiger partial charge in [0.25, 0.3) is 5.91 Å². The molecule has 0 unspecified atom stereocenters. The third kappa shape index (κ3) is 6.48. The number of carbonyl (C=O) groups excluding carboxylic acids is 2. The number of nitrogens with one attached hydrogen (secondary N) is 2. The summed E-state index contributed by atoms with van der Waals surface area (Å²) in [6.45, 7) is 2.02. The molecule has 0 aliphatic rings. The molecule has 0 atom stereocenters. The quantitative estimate of drug-likeness (QED) is 0.449. The number of thioether (sulfide) groups is 2. The number of benzene rings is 2. The van der Waals surface area contributed by atoms with Crippen molar-refractivity contribution in [3.63, 3.8) is 0 Å². The van der Waals surface area contributed by atoms with Gasteiger partial charge in [0.15, 0.2) is 0 Å². The van der Waals surface area contributed by atoms with Crippen molar-refractivity contribution in [2.24, 2.45) is 0 Å². The van der Waals surface area contributed by atoms with Gasteiger partial charge in [0, 0.05) is 27.7 Å². The van der Waals surface area contributed by atoms with Crippen LogP contribution in [0.4, 0.5) is 10.8 Å². The molecule has 7 nitrogen and oxygen atoms in total. The van der Waals surface area contributed by atoms with Gasteiger partial charge >= 0.3 is 0 Å². The number of anilines is 2. The molecule has 0 saturated heterocycles. The molecule has 0 aliphatic heterocycles. The maximum Gasteiger partial charge on any atom is 0.255 e. The van der Waals surface area contributed by atoms with Gasteiger partial charge < -0.3 is 10.1 Å². The van der Waals surface area contributed by atoms with Crippen LogP contribution in [-0.4, -0.2) is 39.8 Å². The average Bonchev–Trinajstić information content (AvgIpc) is 3.19. The van der Waals surface area contributed by atoms with Crippen LogP contribution in [0.3, 0.4) is 0 Å². The van der Waals surface area contributed by atoms with Crippen molar-refractivity contribution in [1.29, 1.82) is 0 Å². The number of nitrogens with zero attached hydrogens (tertiary/aromatic N) is 2. The van der Waals surface area contributed by atoms with Crippen molar-refractivity contribution >= 4 is 57.7 Å². The summed E-state index contributed by atoms with van der Waals surface area (Å²) in [5.41, 5.74) is 1.19. The Labute approximate surface area is 187 Å². The second-order valence-electron chi connectivity index (χ2n) is 5.86. The summed E-state index contributed by atoms with van der Waals surface area (Å²) in [4.78, 5) is 29.7. The molecule has 2 N–H and O–H groups in total. The Morgan fingerprint density at radius 3 is 2.63 bits per heavy atom. The number of amides is 2. The van der Waals surface area contributed by atoms with Crippen molar-refractivity contribution < 1.29 is 14.3 Å². The molecule has 3 aromatic rings. The van der Waals surface area contributed by atoms with Crippen molar-refractivity contribution in [3.8, 4) is 5.75 Å². The van der Waals surface area contributed by atoms with Crippen LogP contribution in [0.2, 0.25) is 0 Å². The van der Waals surface area contributed by atoms with Crippen LogP contribution in [0.25, 0.3) is 0 Å². The van der Waals surface area contributed by atoms with Crippen LogP contribution in [0.15, 0.2) is 58.6 Å². The van der Waals surface area contributed by atoms with E-state index in [-0.39, 0.29) is 17.6 Å². The lowest BCUT2D eigenvalue weighted by Gasteiger charge is -2.08. The van der Waals surface area contributed by atoms with E-state index >= 15 is 0 Å². The Balaban J connectivity index is 1.52. The molecule has 0 fully saturated rings. The molecular weight excluding hydrogens is 440 g/mol. The number of methoxy groups -OCH3 is 1. The van der Waals surface area contributed by atoms with Crippen molar-refractivity contribution in [3.05, 3.63) is 54.1 Å². The van der Waals surface area contributed by atoms with Gasteiger partial charge in [-0.1, -0.05) is 24.8 Å². The molecule has 1 aromatic heterocycles. The van der Waals surface area contributed by atoms with Gasteiger partial charge in [0.2, 0.25) is 16.2 Å². The number of carbonyl (C=O) groups is 2. The Bertz CT molecular complexity index is 1010. The van der Waals surface area contributed by atoms with E-state index in [0.717, 1.165) is 10.6 Å². The van der Waals surface area contributed by atoms with Gasteiger partial charge in [0.05, 0.1) is 12.9 Å². The fourth-order valence-electron chi connectivity index (χ4n) is 2.36. The lowest BCUT2D eigenvalue weighted by Crippen LogP contribution is -2.14. The van der Waals surface area contributed by atoms with Crippen molar-refractivity contribution in [2.45, 2.75) is 17.0 Å². The molecule has 10 heteroatoms. The van der Waals surface area contributed by atoms with Gasteiger partial charge in [-0.25, -0.2) is 0 Å². The number of hydrogen-bond donors (Lipinski definition) is 2. The van der Waals surface area contributed by atoms with Gasteiger partial charge in [0.1, 0.15) is 5.75 Å².